The zero-order chi connectivity index (χ0) is 16.9. The Labute approximate surface area is 143 Å². The molecule has 0 aliphatic rings. The van der Waals surface area contributed by atoms with Crippen LogP contribution < -0.4 is 16.2 Å². The number of rotatable bonds is 9. The Balaban J connectivity index is 2.06. The molecule has 0 fully saturated rings. The lowest BCUT2D eigenvalue weighted by Gasteiger charge is -2.09. The fraction of sp³-hybridized carbons (Fsp3) is 0.529. The largest absolute Gasteiger partial charge is 0.337 e. The molecule has 0 spiro atoms. The minimum absolute atomic E-state index is 0.176. The van der Waals surface area contributed by atoms with Crippen molar-refractivity contribution in [3.63, 3.8) is 0 Å². The zero-order valence-electron chi connectivity index (χ0n) is 13.7. The van der Waals surface area contributed by atoms with E-state index in [2.05, 4.69) is 23.1 Å². The molecule has 5 nitrogen and oxygen atoms in total. The lowest BCUT2D eigenvalue weighted by Crippen LogP contribution is -2.43. The number of anilines is 1. The first kappa shape index (κ1) is 19.3. The monoisotopic (exact) mass is 339 g/mol. The van der Waals surface area contributed by atoms with Crippen molar-refractivity contribution in [3.05, 3.63) is 29.3 Å². The average Bonchev–Trinajstić information content (AvgIpc) is 2.54. The van der Waals surface area contributed by atoms with E-state index in [1.165, 1.54) is 25.7 Å². The zero-order valence-corrected chi connectivity index (χ0v) is 14.4. The minimum Gasteiger partial charge on any atom is -0.307 e. The molecule has 0 radical (unpaired) electrons. The van der Waals surface area contributed by atoms with Crippen LogP contribution in [0.5, 0.6) is 0 Å². The molecular formula is C17H26ClN3O2. The molecule has 0 saturated heterocycles. The van der Waals surface area contributed by atoms with Crippen LogP contribution in [0.25, 0.3) is 0 Å². The van der Waals surface area contributed by atoms with Crippen LogP contribution in [0.3, 0.4) is 0 Å². The summed E-state index contributed by atoms with van der Waals surface area (Å²) >= 11 is 5.76. The number of carbonyl (C=O) groups is 2. The molecule has 0 aromatic heterocycles. The highest BCUT2D eigenvalue weighted by atomic mass is 35.5. The van der Waals surface area contributed by atoms with Gasteiger partial charge in [-0.15, -0.1) is 0 Å². The first-order chi connectivity index (χ1) is 11.1. The van der Waals surface area contributed by atoms with Gasteiger partial charge in [-0.05, 0) is 30.7 Å². The van der Waals surface area contributed by atoms with Crippen molar-refractivity contribution >= 4 is 29.2 Å². The lowest BCUT2D eigenvalue weighted by atomic mass is 10.1. The first-order valence-electron chi connectivity index (χ1n) is 8.23. The molecule has 128 valence electrons. The predicted molar refractivity (Wildman–Crippen MR) is 94.4 cm³/mol. The van der Waals surface area contributed by atoms with E-state index in [0.717, 1.165) is 19.3 Å². The number of urea groups is 1. The van der Waals surface area contributed by atoms with Gasteiger partial charge in [-0.1, -0.05) is 57.0 Å². The summed E-state index contributed by atoms with van der Waals surface area (Å²) in [5.74, 6) is -0.176. The van der Waals surface area contributed by atoms with E-state index < -0.39 is 6.03 Å². The van der Waals surface area contributed by atoms with Crippen LogP contribution >= 0.6 is 11.6 Å². The highest BCUT2D eigenvalue weighted by Gasteiger charge is 2.04. The Morgan fingerprint density at radius 2 is 1.52 bits per heavy atom. The van der Waals surface area contributed by atoms with E-state index in [0.29, 0.717) is 17.1 Å². The smallest absolute Gasteiger partial charge is 0.307 e. The molecule has 1 aromatic carbocycles. The Bertz CT molecular complexity index is 477. The molecule has 3 amide bonds. The molecule has 3 N–H and O–H groups in total. The van der Waals surface area contributed by atoms with Gasteiger partial charge in [0.15, 0.2) is 0 Å². The first-order valence-corrected chi connectivity index (χ1v) is 8.61. The molecule has 1 rings (SSSR count). The summed E-state index contributed by atoms with van der Waals surface area (Å²) in [4.78, 5) is 23.2. The summed E-state index contributed by atoms with van der Waals surface area (Å²) < 4.78 is 0. The van der Waals surface area contributed by atoms with Crippen molar-refractivity contribution in [2.75, 3.05) is 5.32 Å². The molecule has 0 atom stereocenters. The van der Waals surface area contributed by atoms with Crippen molar-refractivity contribution in [2.24, 2.45) is 0 Å². The van der Waals surface area contributed by atoms with E-state index in [1.54, 1.807) is 24.3 Å². The van der Waals surface area contributed by atoms with Gasteiger partial charge < -0.3 is 5.32 Å². The number of hydrogen-bond donors (Lipinski definition) is 3. The maximum absolute atomic E-state index is 11.6. The normalized spacial score (nSPS) is 10.2. The number of hydrogen-bond acceptors (Lipinski definition) is 2. The number of carbonyl (C=O) groups excluding carboxylic acids is 2. The van der Waals surface area contributed by atoms with Gasteiger partial charge in [-0.2, -0.15) is 0 Å². The molecule has 0 aliphatic carbocycles. The number of halogens is 1. The van der Waals surface area contributed by atoms with Gasteiger partial charge in [0, 0.05) is 17.1 Å². The summed E-state index contributed by atoms with van der Waals surface area (Å²) in [5, 5.41) is 3.19. The van der Waals surface area contributed by atoms with E-state index in [-0.39, 0.29) is 5.91 Å². The SMILES string of the molecule is CCCCCCCCCC(=O)NNC(=O)Nc1ccc(Cl)cc1. The number of hydrazine groups is 1. The third kappa shape index (κ3) is 9.79. The highest BCUT2D eigenvalue weighted by Crippen LogP contribution is 2.13. The van der Waals surface area contributed by atoms with Crippen LogP contribution in [-0.2, 0) is 4.79 Å². The van der Waals surface area contributed by atoms with Crippen molar-refractivity contribution in [3.8, 4) is 0 Å². The fourth-order valence-electron chi connectivity index (χ4n) is 2.13. The van der Waals surface area contributed by atoms with Gasteiger partial charge in [0.2, 0.25) is 5.91 Å². The molecule has 1 aromatic rings. The average molecular weight is 340 g/mol. The maximum atomic E-state index is 11.6. The Morgan fingerprint density at radius 1 is 0.913 bits per heavy atom. The van der Waals surface area contributed by atoms with E-state index in [9.17, 15) is 9.59 Å². The predicted octanol–water partition coefficient (Wildman–Crippen LogP) is 4.63. The Kier molecular flexibility index (Phi) is 9.87. The van der Waals surface area contributed by atoms with Crippen LogP contribution in [-0.4, -0.2) is 11.9 Å². The van der Waals surface area contributed by atoms with Gasteiger partial charge in [-0.3, -0.25) is 10.2 Å². The van der Waals surface area contributed by atoms with Crippen LogP contribution in [0.1, 0.15) is 58.3 Å². The second-order valence-corrected chi connectivity index (χ2v) is 5.94. The summed E-state index contributed by atoms with van der Waals surface area (Å²) in [6.45, 7) is 2.19. The minimum atomic E-state index is -0.486. The number of unbranched alkanes of at least 4 members (excludes halogenated alkanes) is 6. The number of amides is 3. The second-order valence-electron chi connectivity index (χ2n) is 5.51. The number of nitrogens with one attached hydrogen (secondary N) is 3. The molecule has 23 heavy (non-hydrogen) atoms. The van der Waals surface area contributed by atoms with Gasteiger partial charge in [-0.25, -0.2) is 10.2 Å². The standard InChI is InChI=1S/C17H26ClN3O2/c1-2-3-4-5-6-7-8-9-16(22)20-21-17(23)19-15-12-10-14(18)11-13-15/h10-13H,2-9H2,1H3,(H,20,22)(H2,19,21,23). The third-order valence-corrected chi connectivity index (χ3v) is 3.68. The summed E-state index contributed by atoms with van der Waals surface area (Å²) in [6, 6.07) is 6.23. The molecule has 0 saturated carbocycles. The van der Waals surface area contributed by atoms with Crippen molar-refractivity contribution in [2.45, 2.75) is 58.3 Å². The van der Waals surface area contributed by atoms with Gasteiger partial charge in [0.1, 0.15) is 0 Å². The topological polar surface area (TPSA) is 70.2 Å². The van der Waals surface area contributed by atoms with Crippen molar-refractivity contribution in [1.29, 1.82) is 0 Å². The van der Waals surface area contributed by atoms with E-state index in [1.807, 2.05) is 0 Å². The second kappa shape index (κ2) is 11.8. The molecular weight excluding hydrogens is 314 g/mol. The van der Waals surface area contributed by atoms with Gasteiger partial charge in [0.05, 0.1) is 0 Å². The quantitative estimate of drug-likeness (QED) is 0.453. The van der Waals surface area contributed by atoms with Crippen molar-refractivity contribution in [1.82, 2.24) is 10.9 Å². The summed E-state index contributed by atoms with van der Waals surface area (Å²) in [6.07, 6.45) is 8.52. The summed E-state index contributed by atoms with van der Waals surface area (Å²) in [7, 11) is 0. The van der Waals surface area contributed by atoms with Gasteiger partial charge in [0.25, 0.3) is 0 Å². The molecule has 0 unspecified atom stereocenters. The third-order valence-electron chi connectivity index (χ3n) is 3.42. The molecule has 0 aliphatic heterocycles. The van der Waals surface area contributed by atoms with Crippen molar-refractivity contribution < 1.29 is 9.59 Å². The van der Waals surface area contributed by atoms with Crippen LogP contribution in [0, 0.1) is 0 Å². The van der Waals surface area contributed by atoms with E-state index >= 15 is 0 Å². The summed E-state index contributed by atoms with van der Waals surface area (Å²) in [5.41, 5.74) is 5.33. The van der Waals surface area contributed by atoms with E-state index in [4.69, 9.17) is 11.6 Å². The van der Waals surface area contributed by atoms with Crippen LogP contribution in [0.2, 0.25) is 5.02 Å². The molecule has 0 heterocycles. The molecule has 0 bridgehead atoms. The lowest BCUT2D eigenvalue weighted by molar-refractivity contribution is -0.121. The van der Waals surface area contributed by atoms with Gasteiger partial charge >= 0.3 is 6.03 Å². The van der Waals surface area contributed by atoms with Crippen LogP contribution in [0.4, 0.5) is 10.5 Å². The Morgan fingerprint density at radius 3 is 2.17 bits per heavy atom. The van der Waals surface area contributed by atoms with Crippen LogP contribution in [0.15, 0.2) is 24.3 Å². The maximum Gasteiger partial charge on any atom is 0.337 e. The Hall–Kier alpha value is -1.75. The number of benzene rings is 1. The fourth-order valence-corrected chi connectivity index (χ4v) is 2.25. The highest BCUT2D eigenvalue weighted by molar-refractivity contribution is 6.30. The molecule has 6 heteroatoms.